The highest BCUT2D eigenvalue weighted by Crippen LogP contribution is 2.64. The van der Waals surface area contributed by atoms with E-state index in [2.05, 4.69) is 4.72 Å². The fourth-order valence-electron chi connectivity index (χ4n) is 4.35. The lowest BCUT2D eigenvalue weighted by Crippen LogP contribution is -2.43. The molecule has 2 bridgehead atoms. The van der Waals surface area contributed by atoms with Gasteiger partial charge in [0.05, 0.1) is 11.2 Å². The van der Waals surface area contributed by atoms with E-state index in [0.717, 1.165) is 6.42 Å². The van der Waals surface area contributed by atoms with Crippen molar-refractivity contribution >= 4 is 27.4 Å². The number of sulfonamides is 1. The van der Waals surface area contributed by atoms with Gasteiger partial charge in [0, 0.05) is 17.7 Å². The Bertz CT molecular complexity index is 798. The number of hydrogen-bond acceptors (Lipinski definition) is 4. The van der Waals surface area contributed by atoms with E-state index in [4.69, 9.17) is 5.73 Å². The average molecular weight is 350 g/mol. The molecule has 7 heteroatoms. The molecule has 6 nitrogen and oxygen atoms in total. The lowest BCUT2D eigenvalue weighted by atomic mass is 9.70. The molecule has 24 heavy (non-hydrogen) atoms. The van der Waals surface area contributed by atoms with E-state index in [9.17, 15) is 18.0 Å². The summed E-state index contributed by atoms with van der Waals surface area (Å²) in [7, 11) is -3.69. The lowest BCUT2D eigenvalue weighted by Gasteiger charge is -2.36. The number of nitrogens with two attached hydrogens (primary N) is 1. The van der Waals surface area contributed by atoms with E-state index < -0.39 is 21.3 Å². The largest absolute Gasteiger partial charge is 0.366 e. The van der Waals surface area contributed by atoms with Crippen LogP contribution >= 0.6 is 0 Å². The van der Waals surface area contributed by atoms with Gasteiger partial charge in [0.15, 0.2) is 0 Å². The second kappa shape index (κ2) is 5.31. The van der Waals surface area contributed by atoms with Gasteiger partial charge in [0.1, 0.15) is 5.78 Å². The van der Waals surface area contributed by atoms with Crippen LogP contribution in [0.5, 0.6) is 0 Å². The number of hydrogen-bond donors (Lipinski definition) is 2. The Morgan fingerprint density at radius 3 is 2.38 bits per heavy atom. The Hall–Kier alpha value is -1.89. The summed E-state index contributed by atoms with van der Waals surface area (Å²) in [6.45, 7) is 4.01. The van der Waals surface area contributed by atoms with Crippen molar-refractivity contribution in [1.29, 1.82) is 0 Å². The van der Waals surface area contributed by atoms with E-state index in [0.29, 0.717) is 24.1 Å². The van der Waals surface area contributed by atoms with Crippen LogP contribution in [0.2, 0.25) is 0 Å². The summed E-state index contributed by atoms with van der Waals surface area (Å²) in [6, 6.07) is 5.92. The number of ketones is 1. The maximum absolute atomic E-state index is 12.6. The summed E-state index contributed by atoms with van der Waals surface area (Å²) in [6.07, 6.45) is 2.02. The first kappa shape index (κ1) is 17.0. The van der Waals surface area contributed by atoms with Crippen LogP contribution in [-0.4, -0.2) is 25.9 Å². The molecule has 130 valence electrons. The third kappa shape index (κ3) is 2.51. The molecule has 0 aromatic heterocycles. The smallest absolute Gasteiger partial charge is 0.248 e. The number of fused-ring (bicyclic) bond motifs is 2. The molecule has 2 atom stereocenters. The standard InChI is InChI=1S/C17H22N2O4S/c1-16(2)12-7-8-17(16,14(20)9-12)10-24(22,23)19-13-5-3-11(4-6-13)15(18)21/h3-6,12,19H,7-10H2,1-2H3,(H2,18,21)/t12-,17+/m1/s1. The maximum Gasteiger partial charge on any atom is 0.248 e. The van der Waals surface area contributed by atoms with E-state index in [1.165, 1.54) is 24.3 Å². The van der Waals surface area contributed by atoms with Gasteiger partial charge in [-0.15, -0.1) is 0 Å². The van der Waals surface area contributed by atoms with E-state index in [-0.39, 0.29) is 22.9 Å². The third-order valence-electron chi connectivity index (χ3n) is 6.02. The van der Waals surface area contributed by atoms with Crippen LogP contribution in [0.3, 0.4) is 0 Å². The summed E-state index contributed by atoms with van der Waals surface area (Å²) < 4.78 is 27.8. The summed E-state index contributed by atoms with van der Waals surface area (Å²) >= 11 is 0. The number of carbonyl (C=O) groups is 2. The third-order valence-corrected chi connectivity index (χ3v) is 7.44. The molecule has 2 aliphatic carbocycles. The first-order valence-electron chi connectivity index (χ1n) is 8.01. The second-order valence-electron chi connectivity index (χ2n) is 7.47. The number of rotatable bonds is 5. The van der Waals surface area contributed by atoms with Gasteiger partial charge in [0.25, 0.3) is 0 Å². The van der Waals surface area contributed by atoms with Gasteiger partial charge in [-0.25, -0.2) is 8.42 Å². The summed E-state index contributed by atoms with van der Waals surface area (Å²) in [4.78, 5) is 23.5. The SMILES string of the molecule is CC1(C)[C@@H]2CC[C@]1(CS(=O)(=O)Nc1ccc(C(N)=O)cc1)C(=O)C2. The lowest BCUT2D eigenvalue weighted by molar-refractivity contribution is -0.128. The Labute approximate surface area is 141 Å². The number of amides is 1. The van der Waals surface area contributed by atoms with Crippen molar-refractivity contribution < 1.29 is 18.0 Å². The molecule has 2 fully saturated rings. The molecule has 0 aliphatic heterocycles. The Balaban J connectivity index is 1.81. The van der Waals surface area contributed by atoms with Crippen LogP contribution < -0.4 is 10.5 Å². The monoisotopic (exact) mass is 350 g/mol. The number of anilines is 1. The average Bonchev–Trinajstić information content (AvgIpc) is 2.81. The predicted molar refractivity (Wildman–Crippen MR) is 90.9 cm³/mol. The van der Waals surface area contributed by atoms with Crippen molar-refractivity contribution in [2.75, 3.05) is 10.5 Å². The van der Waals surface area contributed by atoms with Gasteiger partial charge < -0.3 is 5.73 Å². The number of carbonyl (C=O) groups excluding carboxylic acids is 2. The van der Waals surface area contributed by atoms with Gasteiger partial charge in [-0.2, -0.15) is 0 Å². The number of nitrogens with one attached hydrogen (secondary N) is 1. The first-order chi connectivity index (χ1) is 11.1. The fraction of sp³-hybridized carbons (Fsp3) is 0.529. The minimum atomic E-state index is -3.69. The molecule has 2 saturated carbocycles. The molecule has 1 aromatic carbocycles. The normalized spacial score (nSPS) is 28.1. The minimum absolute atomic E-state index is 0.0678. The molecular weight excluding hydrogens is 328 g/mol. The molecule has 0 radical (unpaired) electrons. The summed E-state index contributed by atoms with van der Waals surface area (Å²) in [5.41, 5.74) is 4.74. The molecule has 0 spiro atoms. The van der Waals surface area contributed by atoms with E-state index >= 15 is 0 Å². The Kier molecular flexibility index (Phi) is 3.75. The zero-order valence-electron chi connectivity index (χ0n) is 13.8. The number of benzene rings is 1. The van der Waals surface area contributed by atoms with Crippen molar-refractivity contribution in [1.82, 2.24) is 0 Å². The topological polar surface area (TPSA) is 106 Å². The van der Waals surface area contributed by atoms with Gasteiger partial charge in [-0.1, -0.05) is 13.8 Å². The molecular formula is C17H22N2O4S. The van der Waals surface area contributed by atoms with Crippen LogP contribution in [0.1, 0.15) is 43.5 Å². The zero-order valence-corrected chi connectivity index (χ0v) is 14.7. The van der Waals surface area contributed by atoms with Gasteiger partial charge in [0.2, 0.25) is 15.9 Å². The highest BCUT2D eigenvalue weighted by molar-refractivity contribution is 7.92. The summed E-state index contributed by atoms with van der Waals surface area (Å²) in [5.74, 6) is -0.424. The van der Waals surface area contributed by atoms with E-state index in [1.54, 1.807) is 0 Å². The minimum Gasteiger partial charge on any atom is -0.366 e. The molecule has 3 rings (SSSR count). The van der Waals surface area contributed by atoms with Gasteiger partial charge in [-0.05, 0) is 48.4 Å². The van der Waals surface area contributed by atoms with Gasteiger partial charge >= 0.3 is 0 Å². The highest BCUT2D eigenvalue weighted by atomic mass is 32.2. The Morgan fingerprint density at radius 1 is 1.29 bits per heavy atom. The van der Waals surface area contributed by atoms with Crippen LogP contribution in [0, 0.1) is 16.7 Å². The molecule has 1 aromatic rings. The van der Waals surface area contributed by atoms with Crippen LogP contribution in [-0.2, 0) is 14.8 Å². The van der Waals surface area contributed by atoms with Crippen molar-refractivity contribution in [2.45, 2.75) is 33.1 Å². The van der Waals surface area contributed by atoms with Crippen LogP contribution in [0.25, 0.3) is 0 Å². The van der Waals surface area contributed by atoms with Gasteiger partial charge in [-0.3, -0.25) is 14.3 Å². The number of Topliss-reactive ketones (excluding diaryl/α,β-unsaturated/α-hetero) is 1. The molecule has 0 unspecified atom stereocenters. The van der Waals surface area contributed by atoms with Crippen molar-refractivity contribution in [3.8, 4) is 0 Å². The fourth-order valence-corrected chi connectivity index (χ4v) is 6.24. The highest BCUT2D eigenvalue weighted by Gasteiger charge is 2.65. The number of primary amides is 1. The Morgan fingerprint density at radius 2 is 1.92 bits per heavy atom. The zero-order chi connectivity index (χ0) is 17.8. The molecule has 3 N–H and O–H groups in total. The molecule has 2 aliphatic rings. The van der Waals surface area contributed by atoms with E-state index in [1.807, 2.05) is 13.8 Å². The molecule has 1 amide bonds. The van der Waals surface area contributed by atoms with Crippen LogP contribution in [0.4, 0.5) is 5.69 Å². The van der Waals surface area contributed by atoms with Crippen LogP contribution in [0.15, 0.2) is 24.3 Å². The predicted octanol–water partition coefficient (Wildman–Crippen LogP) is 1.92. The van der Waals surface area contributed by atoms with Crippen molar-refractivity contribution in [2.24, 2.45) is 22.5 Å². The second-order valence-corrected chi connectivity index (χ2v) is 9.19. The maximum atomic E-state index is 12.6. The molecule has 0 saturated heterocycles. The van der Waals surface area contributed by atoms with Crippen molar-refractivity contribution in [3.63, 3.8) is 0 Å². The first-order valence-corrected chi connectivity index (χ1v) is 9.66. The molecule has 0 heterocycles. The summed E-state index contributed by atoms with van der Waals surface area (Å²) in [5, 5.41) is 0. The quantitative estimate of drug-likeness (QED) is 0.846. The van der Waals surface area contributed by atoms with Crippen molar-refractivity contribution in [3.05, 3.63) is 29.8 Å².